The maximum atomic E-state index is 13.6. The van der Waals surface area contributed by atoms with E-state index in [-0.39, 0.29) is 22.5 Å². The molecule has 0 bridgehead atoms. The fourth-order valence-electron chi connectivity index (χ4n) is 5.22. The summed E-state index contributed by atoms with van der Waals surface area (Å²) in [4.78, 5) is 16.7. The fraction of sp³-hybridized carbons (Fsp3) is 0.481. The van der Waals surface area contributed by atoms with Crippen LogP contribution in [0.4, 0.5) is 5.69 Å². The summed E-state index contributed by atoms with van der Waals surface area (Å²) in [5, 5.41) is 11.2. The molecule has 33 heavy (non-hydrogen) atoms. The third-order valence-electron chi connectivity index (χ3n) is 6.96. The van der Waals surface area contributed by atoms with Gasteiger partial charge in [0.25, 0.3) is 0 Å². The fourth-order valence-corrected chi connectivity index (χ4v) is 6.45. The zero-order valence-electron chi connectivity index (χ0n) is 19.8. The lowest BCUT2D eigenvalue weighted by molar-refractivity contribution is -0.118. The number of carbonyl (C=O) groups is 1. The highest BCUT2D eigenvalue weighted by atomic mass is 32.2. The van der Waals surface area contributed by atoms with Crippen LogP contribution in [0.5, 0.6) is 0 Å². The van der Waals surface area contributed by atoms with E-state index in [0.717, 1.165) is 35.5 Å². The normalized spacial score (nSPS) is 25.0. The maximum absolute atomic E-state index is 13.6. The molecule has 1 saturated heterocycles. The van der Waals surface area contributed by atoms with Crippen molar-refractivity contribution in [1.82, 2.24) is 5.32 Å². The van der Waals surface area contributed by atoms with E-state index in [9.17, 15) is 4.79 Å². The molecule has 2 aromatic carbocycles. The molecule has 0 radical (unpaired) electrons. The lowest BCUT2D eigenvalue weighted by atomic mass is 9.84. The highest BCUT2D eigenvalue weighted by Crippen LogP contribution is 2.46. The minimum Gasteiger partial charge on any atom is -0.384 e. The standard InChI is InChI=1S/C27H36N4OS/c1-19-10-9-16-27(2,30-19)15-6-3-7-17-31-22-13-4-5-14-23(22)33-24(26(31)32)20-11-8-12-21(18-20)25(28)29/h4-5,8,11-14,18-19,24,30H,3,6-7,9-10,15-17H2,1-2H3,(H3,28,29)/t19-,24?,27+/m0/s1. The Labute approximate surface area is 202 Å². The monoisotopic (exact) mass is 464 g/mol. The van der Waals surface area contributed by atoms with Gasteiger partial charge in [-0.25, -0.2) is 0 Å². The molecular weight excluding hydrogens is 428 g/mol. The van der Waals surface area contributed by atoms with Crippen LogP contribution < -0.4 is 16.0 Å². The largest absolute Gasteiger partial charge is 0.384 e. The second-order valence-electron chi connectivity index (χ2n) is 9.80. The number of benzene rings is 2. The number of thioether (sulfide) groups is 1. The first-order valence-corrected chi connectivity index (χ1v) is 13.0. The number of fused-ring (bicyclic) bond motifs is 1. The first-order chi connectivity index (χ1) is 15.9. The van der Waals surface area contributed by atoms with Crippen molar-refractivity contribution in [3.8, 4) is 0 Å². The van der Waals surface area contributed by atoms with Crippen LogP contribution in [0.1, 0.15) is 75.2 Å². The summed E-state index contributed by atoms with van der Waals surface area (Å²) in [5.74, 6) is 0.145. The smallest absolute Gasteiger partial charge is 0.245 e. The van der Waals surface area contributed by atoms with Crippen molar-refractivity contribution in [1.29, 1.82) is 5.41 Å². The molecule has 1 unspecified atom stereocenters. The number of hydrogen-bond donors (Lipinski definition) is 3. The Hall–Kier alpha value is -2.31. The molecule has 2 aromatic rings. The van der Waals surface area contributed by atoms with Crippen LogP contribution in [0.2, 0.25) is 0 Å². The second-order valence-corrected chi connectivity index (χ2v) is 11.0. The molecular formula is C27H36N4OS. The van der Waals surface area contributed by atoms with Gasteiger partial charge in [0.1, 0.15) is 11.1 Å². The first-order valence-electron chi connectivity index (χ1n) is 12.2. The van der Waals surface area contributed by atoms with Crippen LogP contribution in [0, 0.1) is 5.41 Å². The summed E-state index contributed by atoms with van der Waals surface area (Å²) in [6.45, 7) is 5.39. The number of para-hydroxylation sites is 1. The number of amides is 1. The van der Waals surface area contributed by atoms with Crippen molar-refractivity contribution in [2.24, 2.45) is 5.73 Å². The number of carbonyl (C=O) groups excluding carboxylic acids is 1. The quantitative estimate of drug-likeness (QED) is 0.269. The lowest BCUT2D eigenvalue weighted by Crippen LogP contribution is -2.50. The minimum absolute atomic E-state index is 0.0258. The van der Waals surface area contributed by atoms with Crippen LogP contribution in [0.3, 0.4) is 0 Å². The van der Waals surface area contributed by atoms with Gasteiger partial charge < -0.3 is 16.0 Å². The molecule has 0 spiro atoms. The molecule has 4 rings (SSSR count). The first kappa shape index (κ1) is 23.8. The number of nitrogens with one attached hydrogen (secondary N) is 2. The number of nitrogen functional groups attached to an aromatic ring is 1. The Kier molecular flexibility index (Phi) is 7.45. The third-order valence-corrected chi connectivity index (χ3v) is 8.27. The predicted molar refractivity (Wildman–Crippen MR) is 138 cm³/mol. The predicted octanol–water partition coefficient (Wildman–Crippen LogP) is 5.63. The molecule has 3 atom stereocenters. The van der Waals surface area contributed by atoms with E-state index >= 15 is 0 Å². The molecule has 2 aliphatic heterocycles. The Balaban J connectivity index is 1.42. The Morgan fingerprint density at radius 1 is 1.21 bits per heavy atom. The molecule has 4 N–H and O–H groups in total. The van der Waals surface area contributed by atoms with Crippen molar-refractivity contribution in [2.45, 2.75) is 80.5 Å². The Morgan fingerprint density at radius 3 is 2.82 bits per heavy atom. The van der Waals surface area contributed by atoms with Gasteiger partial charge in [-0.05, 0) is 63.3 Å². The maximum Gasteiger partial charge on any atom is 0.245 e. The summed E-state index contributed by atoms with van der Waals surface area (Å²) in [5.41, 5.74) is 8.53. The number of nitrogens with zero attached hydrogens (tertiary/aromatic N) is 1. The van der Waals surface area contributed by atoms with Crippen molar-refractivity contribution in [2.75, 3.05) is 11.4 Å². The van der Waals surface area contributed by atoms with Gasteiger partial charge in [-0.15, -0.1) is 11.8 Å². The molecule has 0 aliphatic carbocycles. The number of nitrogens with two attached hydrogens (primary N) is 1. The summed E-state index contributed by atoms with van der Waals surface area (Å²) in [6.07, 6.45) is 8.34. The van der Waals surface area contributed by atoms with E-state index in [1.807, 2.05) is 41.3 Å². The zero-order valence-corrected chi connectivity index (χ0v) is 20.6. The van der Waals surface area contributed by atoms with Crippen LogP contribution in [-0.4, -0.2) is 29.9 Å². The molecule has 176 valence electrons. The number of unbranched alkanes of at least 4 members (excludes halogenated alkanes) is 2. The van der Waals surface area contributed by atoms with Crippen molar-refractivity contribution in [3.05, 3.63) is 59.7 Å². The Morgan fingerprint density at radius 2 is 2.03 bits per heavy atom. The van der Waals surface area contributed by atoms with Gasteiger partial charge in [0.05, 0.1) is 5.69 Å². The summed E-state index contributed by atoms with van der Waals surface area (Å²) >= 11 is 1.59. The number of rotatable bonds is 8. The molecule has 0 saturated carbocycles. The highest BCUT2D eigenvalue weighted by Gasteiger charge is 2.34. The average molecular weight is 465 g/mol. The average Bonchev–Trinajstić information content (AvgIpc) is 2.79. The van der Waals surface area contributed by atoms with Crippen molar-refractivity contribution < 1.29 is 4.79 Å². The van der Waals surface area contributed by atoms with Crippen LogP contribution in [0.15, 0.2) is 53.4 Å². The molecule has 2 heterocycles. The topological polar surface area (TPSA) is 82.2 Å². The molecule has 2 aliphatic rings. The molecule has 1 amide bonds. The molecule has 6 heteroatoms. The molecule has 1 fully saturated rings. The highest BCUT2D eigenvalue weighted by molar-refractivity contribution is 8.00. The SMILES string of the molecule is C[C@H]1CCC[C@@](C)(CCCCCN2C(=O)C(c3cccc(C(=N)N)c3)Sc3ccccc32)N1. The van der Waals surface area contributed by atoms with Crippen LogP contribution in [0.25, 0.3) is 0 Å². The van der Waals surface area contributed by atoms with E-state index in [2.05, 4.69) is 31.3 Å². The summed E-state index contributed by atoms with van der Waals surface area (Å²) in [6, 6.07) is 16.3. The van der Waals surface area contributed by atoms with Gasteiger partial charge in [0.15, 0.2) is 0 Å². The van der Waals surface area contributed by atoms with Gasteiger partial charge >= 0.3 is 0 Å². The van der Waals surface area contributed by atoms with Gasteiger partial charge in [0, 0.05) is 28.6 Å². The van der Waals surface area contributed by atoms with Gasteiger partial charge in [-0.3, -0.25) is 10.2 Å². The van der Waals surface area contributed by atoms with E-state index in [1.54, 1.807) is 11.8 Å². The van der Waals surface area contributed by atoms with E-state index in [4.69, 9.17) is 11.1 Å². The number of hydrogen-bond acceptors (Lipinski definition) is 4. The third kappa shape index (κ3) is 5.61. The summed E-state index contributed by atoms with van der Waals surface area (Å²) in [7, 11) is 0. The Bertz CT molecular complexity index is 1010. The van der Waals surface area contributed by atoms with Crippen molar-refractivity contribution >= 4 is 29.2 Å². The van der Waals surface area contributed by atoms with Gasteiger partial charge in [-0.1, -0.05) is 49.6 Å². The van der Waals surface area contributed by atoms with E-state index in [0.29, 0.717) is 11.6 Å². The van der Waals surface area contributed by atoms with Crippen molar-refractivity contribution in [3.63, 3.8) is 0 Å². The zero-order chi connectivity index (χ0) is 23.4. The van der Waals surface area contributed by atoms with Gasteiger partial charge in [-0.2, -0.15) is 0 Å². The van der Waals surface area contributed by atoms with E-state index < -0.39 is 0 Å². The van der Waals surface area contributed by atoms with E-state index in [1.165, 1.54) is 32.1 Å². The minimum atomic E-state index is -0.314. The van der Waals surface area contributed by atoms with Crippen LogP contribution in [-0.2, 0) is 4.79 Å². The molecule has 5 nitrogen and oxygen atoms in total. The van der Waals surface area contributed by atoms with Gasteiger partial charge in [0.2, 0.25) is 5.91 Å². The lowest BCUT2D eigenvalue weighted by Gasteiger charge is -2.39. The van der Waals surface area contributed by atoms with Crippen LogP contribution >= 0.6 is 11.8 Å². The number of piperidine rings is 1. The number of anilines is 1. The summed E-state index contributed by atoms with van der Waals surface area (Å²) < 4.78 is 0. The number of amidine groups is 1. The molecule has 0 aromatic heterocycles. The second kappa shape index (κ2) is 10.3.